The van der Waals surface area contributed by atoms with Gasteiger partial charge in [0.15, 0.2) is 6.61 Å². The monoisotopic (exact) mass is 362 g/mol. The first-order valence-electron chi connectivity index (χ1n) is 8.65. The number of carbonyl (C=O) groups is 1. The summed E-state index contributed by atoms with van der Waals surface area (Å²) in [6, 6.07) is 17.6. The summed E-state index contributed by atoms with van der Waals surface area (Å²) in [4.78, 5) is 12.0. The number of rotatable bonds is 6. The molecule has 0 aliphatic carbocycles. The van der Waals surface area contributed by atoms with Gasteiger partial charge in [-0.15, -0.1) is 0 Å². The molecule has 0 fully saturated rings. The highest BCUT2D eigenvalue weighted by Crippen LogP contribution is 2.26. The van der Waals surface area contributed by atoms with Crippen LogP contribution in [0.5, 0.6) is 11.5 Å². The number of hydrogen-bond acceptors (Lipinski definition) is 4. The Morgan fingerprint density at radius 2 is 1.81 bits per heavy atom. The van der Waals surface area contributed by atoms with Gasteiger partial charge in [0.05, 0.1) is 13.3 Å². The molecule has 0 atom stereocenters. The summed E-state index contributed by atoms with van der Waals surface area (Å²) in [6.07, 6.45) is 1.59. The van der Waals surface area contributed by atoms with Crippen molar-refractivity contribution in [2.45, 2.75) is 13.8 Å². The van der Waals surface area contributed by atoms with Crippen molar-refractivity contribution in [3.63, 3.8) is 0 Å². The van der Waals surface area contributed by atoms with Gasteiger partial charge in [-0.1, -0.05) is 36.4 Å². The molecule has 27 heavy (non-hydrogen) atoms. The molecule has 5 nitrogen and oxygen atoms in total. The van der Waals surface area contributed by atoms with Crippen LogP contribution in [0.4, 0.5) is 0 Å². The maximum absolute atomic E-state index is 12.0. The molecule has 0 saturated carbocycles. The zero-order chi connectivity index (χ0) is 19.2. The number of ether oxygens (including phenoxy) is 2. The maximum Gasteiger partial charge on any atom is 0.277 e. The Morgan fingerprint density at radius 1 is 1.07 bits per heavy atom. The molecule has 0 unspecified atom stereocenters. The minimum absolute atomic E-state index is 0.104. The van der Waals surface area contributed by atoms with Crippen molar-refractivity contribution in [1.29, 1.82) is 0 Å². The first kappa shape index (κ1) is 18.5. The second-order valence-electron chi connectivity index (χ2n) is 6.31. The summed E-state index contributed by atoms with van der Waals surface area (Å²) in [5, 5.41) is 6.14. The summed E-state index contributed by atoms with van der Waals surface area (Å²) < 4.78 is 10.9. The van der Waals surface area contributed by atoms with E-state index in [1.165, 1.54) is 0 Å². The summed E-state index contributed by atoms with van der Waals surface area (Å²) >= 11 is 0. The standard InChI is InChI=1S/C22H22N2O3/c1-15-10-16(2)12-18(11-15)27-14-22(25)24-23-13-20-19-7-5-4-6-17(19)8-9-21(20)26-3/h4-13H,14H2,1-3H3,(H,24,25)/b23-13-. The lowest BCUT2D eigenvalue weighted by atomic mass is 10.0. The van der Waals surface area contributed by atoms with Crippen molar-refractivity contribution in [2.24, 2.45) is 5.10 Å². The molecular formula is C22H22N2O3. The van der Waals surface area contributed by atoms with Crippen LogP contribution in [0.3, 0.4) is 0 Å². The van der Waals surface area contributed by atoms with E-state index in [4.69, 9.17) is 9.47 Å². The second kappa shape index (κ2) is 8.36. The summed E-state index contributed by atoms with van der Waals surface area (Å²) in [5.41, 5.74) is 5.49. The molecule has 3 rings (SSSR count). The quantitative estimate of drug-likeness (QED) is 0.533. The lowest BCUT2D eigenvalue weighted by Gasteiger charge is -2.09. The van der Waals surface area contributed by atoms with Gasteiger partial charge < -0.3 is 9.47 Å². The minimum atomic E-state index is -0.329. The summed E-state index contributed by atoms with van der Waals surface area (Å²) in [6.45, 7) is 3.87. The topological polar surface area (TPSA) is 59.9 Å². The third kappa shape index (κ3) is 4.64. The van der Waals surface area contributed by atoms with E-state index in [0.717, 1.165) is 27.5 Å². The van der Waals surface area contributed by atoms with Crippen molar-refractivity contribution in [2.75, 3.05) is 13.7 Å². The molecular weight excluding hydrogens is 340 g/mol. The Balaban J connectivity index is 1.66. The Labute approximate surface area is 158 Å². The number of hydrogen-bond donors (Lipinski definition) is 1. The maximum atomic E-state index is 12.0. The fourth-order valence-electron chi connectivity index (χ4n) is 2.95. The Bertz CT molecular complexity index is 976. The van der Waals surface area contributed by atoms with Crippen molar-refractivity contribution < 1.29 is 14.3 Å². The molecule has 1 amide bonds. The molecule has 0 saturated heterocycles. The third-order valence-electron chi connectivity index (χ3n) is 4.10. The highest BCUT2D eigenvalue weighted by atomic mass is 16.5. The van der Waals surface area contributed by atoms with Crippen molar-refractivity contribution in [3.8, 4) is 11.5 Å². The molecule has 5 heteroatoms. The molecule has 138 valence electrons. The van der Waals surface area contributed by atoms with Gasteiger partial charge in [0, 0.05) is 5.56 Å². The Morgan fingerprint density at radius 3 is 2.56 bits per heavy atom. The average Bonchev–Trinajstić information content (AvgIpc) is 2.65. The first-order chi connectivity index (χ1) is 13.1. The zero-order valence-electron chi connectivity index (χ0n) is 15.7. The second-order valence-corrected chi connectivity index (χ2v) is 6.31. The number of nitrogens with one attached hydrogen (secondary N) is 1. The van der Waals surface area contributed by atoms with E-state index in [2.05, 4.69) is 16.6 Å². The normalized spacial score (nSPS) is 10.9. The van der Waals surface area contributed by atoms with Gasteiger partial charge in [-0.05, 0) is 53.9 Å². The van der Waals surface area contributed by atoms with Crippen LogP contribution in [0, 0.1) is 13.8 Å². The van der Waals surface area contributed by atoms with Crippen molar-refractivity contribution >= 4 is 22.9 Å². The molecule has 0 aliphatic rings. The van der Waals surface area contributed by atoms with Crippen molar-refractivity contribution in [3.05, 3.63) is 71.3 Å². The van der Waals surface area contributed by atoms with E-state index in [-0.39, 0.29) is 12.5 Å². The predicted molar refractivity (Wildman–Crippen MR) is 108 cm³/mol. The van der Waals surface area contributed by atoms with Gasteiger partial charge in [-0.2, -0.15) is 5.10 Å². The van der Waals surface area contributed by atoms with E-state index < -0.39 is 0 Å². The smallest absolute Gasteiger partial charge is 0.277 e. The molecule has 0 aromatic heterocycles. The van der Waals surface area contributed by atoms with Crippen molar-refractivity contribution in [1.82, 2.24) is 5.43 Å². The number of hydrazone groups is 1. The van der Waals surface area contributed by atoms with Crippen LogP contribution in [-0.2, 0) is 4.79 Å². The number of methoxy groups -OCH3 is 1. The molecule has 0 bridgehead atoms. The summed E-state index contributed by atoms with van der Waals surface area (Å²) in [5.74, 6) is 1.03. The average molecular weight is 362 g/mol. The van der Waals surface area contributed by atoms with Gasteiger partial charge in [0.1, 0.15) is 11.5 Å². The minimum Gasteiger partial charge on any atom is -0.496 e. The van der Waals surface area contributed by atoms with Crippen LogP contribution >= 0.6 is 0 Å². The molecule has 1 N–H and O–H groups in total. The molecule has 3 aromatic carbocycles. The SMILES string of the molecule is COc1ccc2ccccc2c1/C=N\NC(=O)COc1cc(C)cc(C)c1. The molecule has 0 heterocycles. The number of carbonyl (C=O) groups excluding carboxylic acids is 1. The first-order valence-corrected chi connectivity index (χ1v) is 8.65. The van der Waals surface area contributed by atoms with Crippen LogP contribution in [0.2, 0.25) is 0 Å². The van der Waals surface area contributed by atoms with E-state index in [9.17, 15) is 4.79 Å². The lowest BCUT2D eigenvalue weighted by Crippen LogP contribution is -2.24. The lowest BCUT2D eigenvalue weighted by molar-refractivity contribution is -0.123. The highest BCUT2D eigenvalue weighted by molar-refractivity contribution is 6.02. The summed E-state index contributed by atoms with van der Waals surface area (Å²) in [7, 11) is 1.61. The predicted octanol–water partition coefficient (Wildman–Crippen LogP) is 3.99. The fraction of sp³-hybridized carbons (Fsp3) is 0.182. The number of amides is 1. The van der Waals surface area contributed by atoms with Crippen LogP contribution in [-0.4, -0.2) is 25.8 Å². The van der Waals surface area contributed by atoms with Gasteiger partial charge in [0.2, 0.25) is 0 Å². The Kier molecular flexibility index (Phi) is 5.71. The van der Waals surface area contributed by atoms with Gasteiger partial charge in [-0.3, -0.25) is 4.79 Å². The van der Waals surface area contributed by atoms with Gasteiger partial charge >= 0.3 is 0 Å². The molecule has 0 radical (unpaired) electrons. The van der Waals surface area contributed by atoms with Gasteiger partial charge in [0.25, 0.3) is 5.91 Å². The van der Waals surface area contributed by atoms with Crippen LogP contribution in [0.15, 0.2) is 59.7 Å². The van der Waals surface area contributed by atoms with E-state index >= 15 is 0 Å². The van der Waals surface area contributed by atoms with Crippen LogP contribution < -0.4 is 14.9 Å². The third-order valence-corrected chi connectivity index (χ3v) is 4.10. The Hall–Kier alpha value is -3.34. The number of nitrogens with zero attached hydrogens (tertiary/aromatic N) is 1. The molecule has 0 aliphatic heterocycles. The number of aryl methyl sites for hydroxylation is 2. The fourth-order valence-corrected chi connectivity index (χ4v) is 2.95. The highest BCUT2D eigenvalue weighted by Gasteiger charge is 2.07. The van der Waals surface area contributed by atoms with E-state index in [1.807, 2.05) is 62.4 Å². The molecule has 0 spiro atoms. The van der Waals surface area contributed by atoms with Gasteiger partial charge in [-0.25, -0.2) is 5.43 Å². The van der Waals surface area contributed by atoms with E-state index in [0.29, 0.717) is 11.5 Å². The zero-order valence-corrected chi connectivity index (χ0v) is 15.7. The number of fused-ring (bicyclic) bond motifs is 1. The number of benzene rings is 3. The van der Waals surface area contributed by atoms with E-state index in [1.54, 1.807) is 13.3 Å². The molecule has 3 aromatic rings. The van der Waals surface area contributed by atoms with Crippen LogP contribution in [0.25, 0.3) is 10.8 Å². The van der Waals surface area contributed by atoms with Crippen LogP contribution in [0.1, 0.15) is 16.7 Å². The largest absolute Gasteiger partial charge is 0.496 e.